The van der Waals surface area contributed by atoms with E-state index in [0.717, 1.165) is 15.6 Å². The molecule has 2 N–H and O–H groups in total. The van der Waals surface area contributed by atoms with Crippen molar-refractivity contribution in [1.29, 1.82) is 0 Å². The maximum atomic E-state index is 11.9. The number of nitrogens with one attached hydrogen (secondary N) is 1. The second-order valence-corrected chi connectivity index (χ2v) is 7.84. The Kier molecular flexibility index (Phi) is 5.36. The van der Waals surface area contributed by atoms with Gasteiger partial charge < -0.3 is 10.4 Å². The number of aryl methyl sites for hydroxylation is 1. The predicted octanol–water partition coefficient (Wildman–Crippen LogP) is 3.28. The van der Waals surface area contributed by atoms with Crippen molar-refractivity contribution < 1.29 is 14.7 Å². The number of carbonyl (C=O) groups is 2. The van der Waals surface area contributed by atoms with Gasteiger partial charge in [0.25, 0.3) is 5.91 Å². The lowest BCUT2D eigenvalue weighted by atomic mass is 10.1. The fraction of sp³-hybridized carbons (Fsp3) is 0.125. The lowest BCUT2D eigenvalue weighted by molar-refractivity contribution is -0.137. The molecule has 25 heavy (non-hydrogen) atoms. The molecule has 1 aromatic carbocycles. The SMILES string of the molecule is O=C(O)CCn1cc(/C=C2\SC(=S)NC2=O)c(-c2cccc(Br)c2)n1. The summed E-state index contributed by atoms with van der Waals surface area (Å²) in [6, 6.07) is 7.61. The van der Waals surface area contributed by atoms with E-state index < -0.39 is 5.97 Å². The lowest BCUT2D eigenvalue weighted by Gasteiger charge is -2.00. The molecule has 1 fully saturated rings. The zero-order valence-electron chi connectivity index (χ0n) is 12.7. The van der Waals surface area contributed by atoms with E-state index in [9.17, 15) is 9.59 Å². The first kappa shape index (κ1) is 17.8. The van der Waals surface area contributed by atoms with Crippen LogP contribution in [0.3, 0.4) is 0 Å². The molecule has 0 saturated carbocycles. The maximum Gasteiger partial charge on any atom is 0.305 e. The van der Waals surface area contributed by atoms with Crippen LogP contribution in [0.15, 0.2) is 39.8 Å². The fourth-order valence-corrected chi connectivity index (χ4v) is 3.72. The molecule has 128 valence electrons. The number of halogens is 1. The standard InChI is InChI=1S/C16H12BrN3O3S2/c17-11-3-1-2-9(6-11)14-10(7-12-15(23)18-16(24)25-12)8-20(19-14)5-4-13(21)22/h1-3,6-8H,4-5H2,(H,21,22)(H,18,23,24)/b12-7-. The van der Waals surface area contributed by atoms with Crippen LogP contribution in [0.4, 0.5) is 0 Å². The molecule has 6 nitrogen and oxygen atoms in total. The summed E-state index contributed by atoms with van der Waals surface area (Å²) < 4.78 is 2.89. The van der Waals surface area contributed by atoms with E-state index >= 15 is 0 Å². The third-order valence-electron chi connectivity index (χ3n) is 3.37. The number of thioether (sulfide) groups is 1. The van der Waals surface area contributed by atoms with Gasteiger partial charge >= 0.3 is 5.97 Å². The Morgan fingerprint density at radius 2 is 2.28 bits per heavy atom. The minimum absolute atomic E-state index is 0.0328. The highest BCUT2D eigenvalue weighted by atomic mass is 79.9. The Bertz CT molecular complexity index is 908. The Hall–Kier alpha value is -1.97. The van der Waals surface area contributed by atoms with Crippen molar-refractivity contribution in [2.75, 3.05) is 0 Å². The number of hydrogen-bond acceptors (Lipinski definition) is 5. The Morgan fingerprint density at radius 3 is 2.92 bits per heavy atom. The molecule has 1 saturated heterocycles. The lowest BCUT2D eigenvalue weighted by Crippen LogP contribution is -2.17. The first-order valence-electron chi connectivity index (χ1n) is 7.22. The van der Waals surface area contributed by atoms with Crippen molar-refractivity contribution in [3.63, 3.8) is 0 Å². The van der Waals surface area contributed by atoms with E-state index in [1.807, 2.05) is 24.3 Å². The summed E-state index contributed by atoms with van der Waals surface area (Å²) in [7, 11) is 0. The number of aromatic nitrogens is 2. The normalized spacial score (nSPS) is 15.6. The number of hydrogen-bond donors (Lipinski definition) is 2. The van der Waals surface area contributed by atoms with E-state index in [0.29, 0.717) is 14.9 Å². The largest absolute Gasteiger partial charge is 0.481 e. The molecule has 9 heteroatoms. The van der Waals surface area contributed by atoms with Crippen molar-refractivity contribution in [1.82, 2.24) is 15.1 Å². The fourth-order valence-electron chi connectivity index (χ4n) is 2.29. The van der Waals surface area contributed by atoms with Crippen LogP contribution in [0.25, 0.3) is 17.3 Å². The van der Waals surface area contributed by atoms with Crippen LogP contribution in [0.2, 0.25) is 0 Å². The first-order valence-corrected chi connectivity index (χ1v) is 9.24. The number of thiocarbonyl (C=S) groups is 1. The topological polar surface area (TPSA) is 84.2 Å². The summed E-state index contributed by atoms with van der Waals surface area (Å²) in [4.78, 5) is 23.2. The summed E-state index contributed by atoms with van der Waals surface area (Å²) in [5.74, 6) is -1.14. The van der Waals surface area contributed by atoms with E-state index in [1.54, 1.807) is 17.0 Å². The zero-order chi connectivity index (χ0) is 18.0. The number of nitrogens with zero attached hydrogens (tertiary/aromatic N) is 2. The number of carboxylic acid groups (broad SMARTS) is 1. The number of aliphatic carboxylic acids is 1. The zero-order valence-corrected chi connectivity index (χ0v) is 15.9. The van der Waals surface area contributed by atoms with E-state index in [4.69, 9.17) is 17.3 Å². The number of rotatable bonds is 5. The number of carbonyl (C=O) groups excluding carboxylic acids is 1. The van der Waals surface area contributed by atoms with Gasteiger partial charge in [0.2, 0.25) is 0 Å². The molecule has 0 spiro atoms. The highest BCUT2D eigenvalue weighted by Crippen LogP contribution is 2.31. The van der Waals surface area contributed by atoms with Crippen LogP contribution in [0, 0.1) is 0 Å². The highest BCUT2D eigenvalue weighted by Gasteiger charge is 2.23. The Balaban J connectivity index is 2.02. The average molecular weight is 438 g/mol. The van der Waals surface area contributed by atoms with E-state index in [-0.39, 0.29) is 18.9 Å². The molecular weight excluding hydrogens is 426 g/mol. The average Bonchev–Trinajstić information content (AvgIpc) is 3.09. The Morgan fingerprint density at radius 1 is 1.48 bits per heavy atom. The van der Waals surface area contributed by atoms with Gasteiger partial charge in [-0.1, -0.05) is 52.0 Å². The monoisotopic (exact) mass is 437 g/mol. The van der Waals surface area contributed by atoms with Crippen molar-refractivity contribution >= 4 is 62.2 Å². The molecule has 0 unspecified atom stereocenters. The van der Waals surface area contributed by atoms with Gasteiger partial charge in [-0.25, -0.2) is 0 Å². The third-order valence-corrected chi connectivity index (χ3v) is 5.03. The smallest absolute Gasteiger partial charge is 0.305 e. The number of benzene rings is 1. The predicted molar refractivity (Wildman–Crippen MR) is 104 cm³/mol. The molecule has 1 aliphatic heterocycles. The summed E-state index contributed by atoms with van der Waals surface area (Å²) in [6.07, 6.45) is 3.43. The van der Waals surface area contributed by atoms with Crippen LogP contribution < -0.4 is 5.32 Å². The first-order chi connectivity index (χ1) is 11.9. The number of amides is 1. The van der Waals surface area contributed by atoms with Crippen LogP contribution in [0.1, 0.15) is 12.0 Å². The summed E-state index contributed by atoms with van der Waals surface area (Å²) >= 11 is 9.63. The molecule has 0 radical (unpaired) electrons. The molecule has 0 aliphatic carbocycles. The molecular formula is C16H12BrN3O3S2. The Labute approximate surface area is 161 Å². The molecule has 0 atom stereocenters. The highest BCUT2D eigenvalue weighted by molar-refractivity contribution is 9.10. The molecule has 1 amide bonds. The van der Waals surface area contributed by atoms with Gasteiger partial charge in [-0.3, -0.25) is 14.3 Å². The molecule has 2 heterocycles. The van der Waals surface area contributed by atoms with Gasteiger partial charge in [-0.2, -0.15) is 5.10 Å². The molecule has 1 aromatic heterocycles. The van der Waals surface area contributed by atoms with Crippen molar-refractivity contribution in [2.45, 2.75) is 13.0 Å². The van der Waals surface area contributed by atoms with Gasteiger partial charge in [0.1, 0.15) is 4.32 Å². The van der Waals surface area contributed by atoms with Crippen LogP contribution in [-0.4, -0.2) is 31.1 Å². The van der Waals surface area contributed by atoms with Gasteiger partial charge in [0.15, 0.2) is 0 Å². The van der Waals surface area contributed by atoms with Crippen LogP contribution in [0.5, 0.6) is 0 Å². The van der Waals surface area contributed by atoms with Crippen molar-refractivity contribution in [2.24, 2.45) is 0 Å². The van der Waals surface area contributed by atoms with Crippen LogP contribution >= 0.6 is 39.9 Å². The summed E-state index contributed by atoms with van der Waals surface area (Å²) in [5, 5.41) is 15.9. The quantitative estimate of drug-likeness (QED) is 0.551. The second kappa shape index (κ2) is 7.51. The molecule has 3 rings (SSSR count). The molecule has 0 bridgehead atoms. The van der Waals surface area contributed by atoms with E-state index in [2.05, 4.69) is 26.3 Å². The van der Waals surface area contributed by atoms with Gasteiger partial charge in [0.05, 0.1) is 23.6 Å². The molecule has 2 aromatic rings. The van der Waals surface area contributed by atoms with E-state index in [1.165, 1.54) is 11.8 Å². The summed E-state index contributed by atoms with van der Waals surface area (Å²) in [6.45, 7) is 0.247. The third kappa shape index (κ3) is 4.36. The van der Waals surface area contributed by atoms with Gasteiger partial charge in [0, 0.05) is 21.8 Å². The second-order valence-electron chi connectivity index (χ2n) is 5.20. The maximum absolute atomic E-state index is 11.9. The van der Waals surface area contributed by atoms with Gasteiger partial charge in [-0.05, 0) is 18.2 Å². The molecule has 1 aliphatic rings. The number of carboxylic acids is 1. The minimum atomic E-state index is -0.893. The van der Waals surface area contributed by atoms with Crippen molar-refractivity contribution in [3.05, 3.63) is 45.4 Å². The van der Waals surface area contributed by atoms with Crippen molar-refractivity contribution in [3.8, 4) is 11.3 Å². The summed E-state index contributed by atoms with van der Waals surface area (Å²) in [5.41, 5.74) is 2.26. The minimum Gasteiger partial charge on any atom is -0.481 e. The van der Waals surface area contributed by atoms with Gasteiger partial charge in [-0.15, -0.1) is 0 Å². The van der Waals surface area contributed by atoms with Crippen LogP contribution in [-0.2, 0) is 16.1 Å².